The fourth-order valence-corrected chi connectivity index (χ4v) is 2.71. The molecule has 2 rings (SSSR count). The number of alkyl halides is 1. The molecular formula is C11H15BrN2O. The summed E-state index contributed by atoms with van der Waals surface area (Å²) >= 11 is 3.54. The normalized spacial score (nSPS) is 18.5. The summed E-state index contributed by atoms with van der Waals surface area (Å²) in [5.74, 6) is 0. The van der Waals surface area contributed by atoms with Crippen LogP contribution in [0.4, 0.5) is 0 Å². The Kier molecular flexibility index (Phi) is 2.96. The van der Waals surface area contributed by atoms with Gasteiger partial charge in [-0.15, -0.1) is 0 Å². The van der Waals surface area contributed by atoms with Gasteiger partial charge in [0, 0.05) is 11.4 Å². The first-order chi connectivity index (χ1) is 7.15. The lowest BCUT2D eigenvalue weighted by Crippen LogP contribution is -2.39. The van der Waals surface area contributed by atoms with Crippen LogP contribution < -0.4 is 5.56 Å². The third-order valence-corrected chi connectivity index (χ3v) is 4.38. The number of rotatable bonds is 3. The Hall–Kier alpha value is -0.640. The summed E-state index contributed by atoms with van der Waals surface area (Å²) in [5, 5.41) is 5.14. The van der Waals surface area contributed by atoms with Crippen molar-refractivity contribution in [2.24, 2.45) is 5.41 Å². The SMILES string of the molecule is Cc1cnn(CC2(CBr)CCC2)c(=O)c1. The molecule has 0 saturated heterocycles. The zero-order valence-electron chi connectivity index (χ0n) is 8.87. The molecule has 1 aliphatic carbocycles. The Morgan fingerprint density at radius 1 is 1.60 bits per heavy atom. The number of aromatic nitrogens is 2. The highest BCUT2D eigenvalue weighted by Crippen LogP contribution is 2.43. The van der Waals surface area contributed by atoms with E-state index in [1.54, 1.807) is 16.9 Å². The van der Waals surface area contributed by atoms with Gasteiger partial charge in [-0.05, 0) is 30.7 Å². The van der Waals surface area contributed by atoms with Gasteiger partial charge in [0.15, 0.2) is 0 Å². The maximum absolute atomic E-state index is 11.7. The lowest BCUT2D eigenvalue weighted by molar-refractivity contribution is 0.131. The minimum Gasteiger partial charge on any atom is -0.268 e. The van der Waals surface area contributed by atoms with Crippen LogP contribution in [-0.2, 0) is 6.54 Å². The molecule has 1 aromatic rings. The minimum atomic E-state index is 0.0159. The summed E-state index contributed by atoms with van der Waals surface area (Å²) in [4.78, 5) is 11.7. The van der Waals surface area contributed by atoms with Gasteiger partial charge in [0.05, 0.1) is 12.7 Å². The molecule has 1 heterocycles. The van der Waals surface area contributed by atoms with Gasteiger partial charge in [0.2, 0.25) is 0 Å². The smallest absolute Gasteiger partial charge is 0.267 e. The van der Waals surface area contributed by atoms with Crippen LogP contribution in [-0.4, -0.2) is 15.1 Å². The molecule has 0 N–H and O–H groups in total. The highest BCUT2D eigenvalue weighted by atomic mass is 79.9. The van der Waals surface area contributed by atoms with Crippen LogP contribution in [0, 0.1) is 12.3 Å². The average molecular weight is 271 g/mol. The Morgan fingerprint density at radius 3 is 2.80 bits per heavy atom. The van der Waals surface area contributed by atoms with Crippen molar-refractivity contribution in [1.82, 2.24) is 9.78 Å². The summed E-state index contributed by atoms with van der Waals surface area (Å²) in [6.07, 6.45) is 5.41. The third kappa shape index (κ3) is 2.14. The van der Waals surface area contributed by atoms with Crippen LogP contribution in [0.5, 0.6) is 0 Å². The standard InChI is InChI=1S/C11H15BrN2O/c1-9-5-10(15)14(13-6-9)8-11(7-12)3-2-4-11/h5-6H,2-4,7-8H2,1H3. The molecule has 3 nitrogen and oxygen atoms in total. The Labute approximate surface area is 97.6 Å². The molecule has 1 aliphatic rings. The maximum atomic E-state index is 11.7. The van der Waals surface area contributed by atoms with Gasteiger partial charge in [0.1, 0.15) is 0 Å². The number of nitrogens with zero attached hydrogens (tertiary/aromatic N) is 2. The zero-order valence-corrected chi connectivity index (χ0v) is 10.5. The highest BCUT2D eigenvalue weighted by Gasteiger charge is 2.36. The molecule has 15 heavy (non-hydrogen) atoms. The van der Waals surface area contributed by atoms with E-state index in [9.17, 15) is 4.79 Å². The van der Waals surface area contributed by atoms with E-state index in [2.05, 4.69) is 21.0 Å². The van der Waals surface area contributed by atoms with Crippen molar-refractivity contribution in [2.45, 2.75) is 32.7 Å². The quantitative estimate of drug-likeness (QED) is 0.789. The molecular weight excluding hydrogens is 256 g/mol. The zero-order chi connectivity index (χ0) is 10.9. The molecule has 0 aromatic carbocycles. The predicted octanol–water partition coefficient (Wildman–Crippen LogP) is 2.12. The monoisotopic (exact) mass is 270 g/mol. The van der Waals surface area contributed by atoms with Crippen molar-refractivity contribution in [3.63, 3.8) is 0 Å². The molecule has 0 aliphatic heterocycles. The first-order valence-electron chi connectivity index (χ1n) is 5.25. The van der Waals surface area contributed by atoms with E-state index in [-0.39, 0.29) is 11.0 Å². The van der Waals surface area contributed by atoms with Crippen molar-refractivity contribution in [3.05, 3.63) is 28.2 Å². The first-order valence-corrected chi connectivity index (χ1v) is 6.37. The van der Waals surface area contributed by atoms with Crippen LogP contribution in [0.1, 0.15) is 24.8 Å². The number of aryl methyl sites for hydroxylation is 1. The van der Waals surface area contributed by atoms with E-state index < -0.39 is 0 Å². The molecule has 1 aromatic heterocycles. The van der Waals surface area contributed by atoms with E-state index in [1.165, 1.54) is 19.3 Å². The molecule has 4 heteroatoms. The topological polar surface area (TPSA) is 34.9 Å². The highest BCUT2D eigenvalue weighted by molar-refractivity contribution is 9.09. The van der Waals surface area contributed by atoms with Gasteiger partial charge in [0.25, 0.3) is 5.56 Å². The predicted molar refractivity (Wildman–Crippen MR) is 63.3 cm³/mol. The van der Waals surface area contributed by atoms with Crippen LogP contribution in [0.25, 0.3) is 0 Å². The largest absolute Gasteiger partial charge is 0.268 e. The van der Waals surface area contributed by atoms with E-state index in [1.807, 2.05) is 6.92 Å². The molecule has 1 saturated carbocycles. The maximum Gasteiger partial charge on any atom is 0.267 e. The summed E-state index contributed by atoms with van der Waals surface area (Å²) in [6.45, 7) is 2.64. The number of halogens is 1. The number of hydrogen-bond acceptors (Lipinski definition) is 2. The van der Waals surface area contributed by atoms with Crippen molar-refractivity contribution in [1.29, 1.82) is 0 Å². The molecule has 0 spiro atoms. The molecule has 82 valence electrons. The van der Waals surface area contributed by atoms with Crippen molar-refractivity contribution in [2.75, 3.05) is 5.33 Å². The van der Waals surface area contributed by atoms with E-state index >= 15 is 0 Å². The Balaban J connectivity index is 2.20. The summed E-state index contributed by atoms with van der Waals surface area (Å²) < 4.78 is 1.59. The van der Waals surface area contributed by atoms with Crippen LogP contribution in [0.2, 0.25) is 0 Å². The molecule has 0 unspecified atom stereocenters. The first kappa shape index (κ1) is 10.9. The summed E-state index contributed by atoms with van der Waals surface area (Å²) in [7, 11) is 0. The van der Waals surface area contributed by atoms with Crippen LogP contribution in [0.3, 0.4) is 0 Å². The van der Waals surface area contributed by atoms with Gasteiger partial charge in [-0.1, -0.05) is 22.4 Å². The molecule has 0 atom stereocenters. The van der Waals surface area contributed by atoms with Gasteiger partial charge in [-0.2, -0.15) is 5.10 Å². The van der Waals surface area contributed by atoms with E-state index in [0.29, 0.717) is 0 Å². The molecule has 0 radical (unpaired) electrons. The molecule has 0 bridgehead atoms. The van der Waals surface area contributed by atoms with E-state index in [0.717, 1.165) is 17.4 Å². The second-order valence-corrected chi connectivity index (χ2v) is 5.08. The Bertz CT molecular complexity index is 404. The van der Waals surface area contributed by atoms with Crippen molar-refractivity contribution in [3.8, 4) is 0 Å². The van der Waals surface area contributed by atoms with E-state index in [4.69, 9.17) is 0 Å². The summed E-state index contributed by atoms with van der Waals surface area (Å²) in [5.41, 5.74) is 1.21. The van der Waals surface area contributed by atoms with Crippen LogP contribution in [0.15, 0.2) is 17.1 Å². The fraction of sp³-hybridized carbons (Fsp3) is 0.636. The van der Waals surface area contributed by atoms with Gasteiger partial charge < -0.3 is 0 Å². The van der Waals surface area contributed by atoms with Crippen molar-refractivity contribution >= 4 is 15.9 Å². The molecule has 1 fully saturated rings. The van der Waals surface area contributed by atoms with Gasteiger partial charge >= 0.3 is 0 Å². The number of hydrogen-bond donors (Lipinski definition) is 0. The van der Waals surface area contributed by atoms with Gasteiger partial charge in [-0.25, -0.2) is 4.68 Å². The average Bonchev–Trinajstić information content (AvgIpc) is 2.14. The molecule has 0 amide bonds. The Morgan fingerprint density at radius 2 is 2.33 bits per heavy atom. The third-order valence-electron chi connectivity index (χ3n) is 3.19. The minimum absolute atomic E-state index is 0.0159. The second kappa shape index (κ2) is 4.08. The van der Waals surface area contributed by atoms with Crippen molar-refractivity contribution < 1.29 is 0 Å². The van der Waals surface area contributed by atoms with Crippen LogP contribution >= 0.6 is 15.9 Å². The lowest BCUT2D eigenvalue weighted by Gasteiger charge is -2.40. The summed E-state index contributed by atoms with van der Waals surface area (Å²) in [6, 6.07) is 1.65. The van der Waals surface area contributed by atoms with Gasteiger partial charge in [-0.3, -0.25) is 4.79 Å². The lowest BCUT2D eigenvalue weighted by atomic mass is 9.70. The second-order valence-electron chi connectivity index (χ2n) is 4.52. The fourth-order valence-electron chi connectivity index (χ4n) is 1.97.